The molecule has 4 heteroatoms. The molecule has 54 valence electrons. The first kappa shape index (κ1) is 7.02. The summed E-state index contributed by atoms with van der Waals surface area (Å²) in [5, 5.41) is -0.215. The third-order valence-corrected chi connectivity index (χ3v) is 4.01. The van der Waals surface area contributed by atoms with Crippen LogP contribution in [0.1, 0.15) is 13.3 Å². The third kappa shape index (κ3) is 1.24. The van der Waals surface area contributed by atoms with Crippen molar-refractivity contribution in [3.8, 4) is 0 Å². The highest BCUT2D eigenvalue weighted by atomic mass is 32.2. The maximum atomic E-state index is 10.9. The first-order valence-corrected chi connectivity index (χ1v) is 4.71. The van der Waals surface area contributed by atoms with Crippen LogP contribution in [0.3, 0.4) is 0 Å². The van der Waals surface area contributed by atoms with Crippen molar-refractivity contribution in [2.24, 2.45) is 5.73 Å². The van der Waals surface area contributed by atoms with E-state index in [2.05, 4.69) is 0 Å². The summed E-state index contributed by atoms with van der Waals surface area (Å²) in [6.07, 6.45) is 0.627. The SMILES string of the molecule is CC1CC(N)CS1(=O)=O. The maximum absolute atomic E-state index is 10.9. The molecule has 0 amide bonds. The third-order valence-electron chi connectivity index (χ3n) is 1.69. The minimum atomic E-state index is -2.80. The molecular formula is C5H11NO2S. The second kappa shape index (κ2) is 1.95. The van der Waals surface area contributed by atoms with Gasteiger partial charge in [0.05, 0.1) is 11.0 Å². The van der Waals surface area contributed by atoms with Gasteiger partial charge in [-0.25, -0.2) is 8.42 Å². The maximum Gasteiger partial charge on any atom is 0.154 e. The lowest BCUT2D eigenvalue weighted by molar-refractivity contribution is 0.593. The molecule has 1 heterocycles. The molecule has 0 saturated carbocycles. The quantitative estimate of drug-likeness (QED) is 0.506. The predicted octanol–water partition coefficient (Wildman–Crippen LogP) is -0.479. The van der Waals surface area contributed by atoms with Crippen LogP contribution in [-0.2, 0) is 9.84 Å². The van der Waals surface area contributed by atoms with E-state index >= 15 is 0 Å². The fraction of sp³-hybridized carbons (Fsp3) is 1.00. The van der Waals surface area contributed by atoms with Gasteiger partial charge in [0.25, 0.3) is 0 Å². The number of nitrogens with two attached hydrogens (primary N) is 1. The van der Waals surface area contributed by atoms with E-state index in [1.807, 2.05) is 0 Å². The van der Waals surface area contributed by atoms with Crippen LogP contribution < -0.4 is 5.73 Å². The van der Waals surface area contributed by atoms with Gasteiger partial charge in [-0.15, -0.1) is 0 Å². The molecule has 9 heavy (non-hydrogen) atoms. The Morgan fingerprint density at radius 1 is 1.56 bits per heavy atom. The Balaban J connectivity index is 2.83. The Morgan fingerprint density at radius 2 is 2.11 bits per heavy atom. The average Bonchev–Trinajstić information content (AvgIpc) is 1.79. The molecule has 2 unspecified atom stereocenters. The fourth-order valence-electron chi connectivity index (χ4n) is 1.10. The Hall–Kier alpha value is -0.0900. The molecule has 1 aliphatic rings. The van der Waals surface area contributed by atoms with E-state index in [4.69, 9.17) is 5.73 Å². The summed E-state index contributed by atoms with van der Waals surface area (Å²) in [5.74, 6) is 0.175. The minimum Gasteiger partial charge on any atom is -0.327 e. The number of hydrogen-bond acceptors (Lipinski definition) is 3. The van der Waals surface area contributed by atoms with E-state index in [0.29, 0.717) is 6.42 Å². The predicted molar refractivity (Wildman–Crippen MR) is 35.8 cm³/mol. The van der Waals surface area contributed by atoms with Crippen LogP contribution in [0, 0.1) is 0 Å². The lowest BCUT2D eigenvalue weighted by atomic mass is 10.2. The Morgan fingerprint density at radius 3 is 2.22 bits per heavy atom. The molecule has 1 fully saturated rings. The smallest absolute Gasteiger partial charge is 0.154 e. The lowest BCUT2D eigenvalue weighted by Crippen LogP contribution is -2.20. The molecule has 1 rings (SSSR count). The molecule has 0 aromatic carbocycles. The first-order chi connectivity index (χ1) is 4.02. The van der Waals surface area contributed by atoms with Crippen LogP contribution in [0.25, 0.3) is 0 Å². The molecule has 2 atom stereocenters. The molecule has 1 aliphatic heterocycles. The van der Waals surface area contributed by atoms with Crippen LogP contribution in [0.4, 0.5) is 0 Å². The summed E-state index contributed by atoms with van der Waals surface area (Å²) in [6.45, 7) is 1.71. The van der Waals surface area contributed by atoms with Gasteiger partial charge < -0.3 is 5.73 Å². The zero-order valence-corrected chi connectivity index (χ0v) is 6.19. The molecule has 0 aromatic rings. The zero-order valence-electron chi connectivity index (χ0n) is 5.37. The molecular weight excluding hydrogens is 138 g/mol. The van der Waals surface area contributed by atoms with E-state index in [1.165, 1.54) is 0 Å². The van der Waals surface area contributed by atoms with Crippen molar-refractivity contribution in [1.29, 1.82) is 0 Å². The van der Waals surface area contributed by atoms with Gasteiger partial charge >= 0.3 is 0 Å². The van der Waals surface area contributed by atoms with Crippen molar-refractivity contribution >= 4 is 9.84 Å². The van der Waals surface area contributed by atoms with Crippen LogP contribution >= 0.6 is 0 Å². The first-order valence-electron chi connectivity index (χ1n) is 2.99. The molecule has 1 saturated heterocycles. The summed E-state index contributed by atoms with van der Waals surface area (Å²) in [5.41, 5.74) is 5.42. The number of hydrogen-bond donors (Lipinski definition) is 1. The highest BCUT2D eigenvalue weighted by molar-refractivity contribution is 7.92. The Kier molecular flexibility index (Phi) is 1.52. The molecule has 0 aromatic heterocycles. The van der Waals surface area contributed by atoms with Gasteiger partial charge in [0.2, 0.25) is 0 Å². The van der Waals surface area contributed by atoms with Crippen molar-refractivity contribution in [1.82, 2.24) is 0 Å². The largest absolute Gasteiger partial charge is 0.327 e. The normalized spacial score (nSPS) is 41.1. The van der Waals surface area contributed by atoms with Crippen LogP contribution in [-0.4, -0.2) is 25.5 Å². The van der Waals surface area contributed by atoms with Crippen molar-refractivity contribution in [3.05, 3.63) is 0 Å². The van der Waals surface area contributed by atoms with Gasteiger partial charge in [0.15, 0.2) is 9.84 Å². The summed E-state index contributed by atoms with van der Waals surface area (Å²) in [6, 6.07) is -0.120. The monoisotopic (exact) mass is 149 g/mol. The molecule has 0 aliphatic carbocycles. The van der Waals surface area contributed by atoms with E-state index < -0.39 is 9.84 Å². The van der Waals surface area contributed by atoms with Crippen molar-refractivity contribution in [3.63, 3.8) is 0 Å². The number of rotatable bonds is 0. The average molecular weight is 149 g/mol. The van der Waals surface area contributed by atoms with Crippen LogP contribution in [0.15, 0.2) is 0 Å². The highest BCUT2D eigenvalue weighted by Crippen LogP contribution is 2.17. The summed E-state index contributed by atoms with van der Waals surface area (Å²) in [4.78, 5) is 0. The molecule has 3 nitrogen and oxygen atoms in total. The summed E-state index contributed by atoms with van der Waals surface area (Å²) in [7, 11) is -2.80. The van der Waals surface area contributed by atoms with Crippen LogP contribution in [0.5, 0.6) is 0 Å². The van der Waals surface area contributed by atoms with E-state index in [9.17, 15) is 8.42 Å². The molecule has 2 N–H and O–H groups in total. The minimum absolute atomic E-state index is 0.120. The van der Waals surface area contributed by atoms with Gasteiger partial charge in [-0.05, 0) is 13.3 Å². The second-order valence-electron chi connectivity index (χ2n) is 2.64. The fourth-order valence-corrected chi connectivity index (χ4v) is 2.71. The number of sulfone groups is 1. The van der Waals surface area contributed by atoms with E-state index in [0.717, 1.165) is 0 Å². The van der Waals surface area contributed by atoms with Gasteiger partial charge in [-0.1, -0.05) is 0 Å². The van der Waals surface area contributed by atoms with Gasteiger partial charge in [-0.3, -0.25) is 0 Å². The van der Waals surface area contributed by atoms with E-state index in [1.54, 1.807) is 6.92 Å². The van der Waals surface area contributed by atoms with Crippen LogP contribution in [0.2, 0.25) is 0 Å². The molecule has 0 spiro atoms. The molecule has 0 radical (unpaired) electrons. The topological polar surface area (TPSA) is 60.2 Å². The van der Waals surface area contributed by atoms with Crippen molar-refractivity contribution < 1.29 is 8.42 Å². The Labute approximate surface area is 55.2 Å². The van der Waals surface area contributed by atoms with Gasteiger partial charge in [0.1, 0.15) is 0 Å². The summed E-state index contributed by atoms with van der Waals surface area (Å²) < 4.78 is 21.8. The standard InChI is InChI=1S/C5H11NO2S/c1-4-2-5(6)3-9(4,7)8/h4-5H,2-3,6H2,1H3. The van der Waals surface area contributed by atoms with Crippen molar-refractivity contribution in [2.75, 3.05) is 5.75 Å². The lowest BCUT2D eigenvalue weighted by Gasteiger charge is -1.96. The van der Waals surface area contributed by atoms with Gasteiger partial charge in [0, 0.05) is 6.04 Å². The second-order valence-corrected chi connectivity index (χ2v) is 5.10. The van der Waals surface area contributed by atoms with E-state index in [-0.39, 0.29) is 17.0 Å². The highest BCUT2D eigenvalue weighted by Gasteiger charge is 2.32. The van der Waals surface area contributed by atoms with Gasteiger partial charge in [-0.2, -0.15) is 0 Å². The van der Waals surface area contributed by atoms with Crippen molar-refractivity contribution in [2.45, 2.75) is 24.6 Å². The molecule has 0 bridgehead atoms. The summed E-state index contributed by atoms with van der Waals surface area (Å²) >= 11 is 0. The zero-order chi connectivity index (χ0) is 7.07. The Bertz CT molecular complexity index is 197.